The average Bonchev–Trinajstić information content (AvgIpc) is 2.64. The van der Waals surface area contributed by atoms with Crippen molar-refractivity contribution in [3.8, 4) is 0 Å². The first-order valence-electron chi connectivity index (χ1n) is 5.44. The van der Waals surface area contributed by atoms with Crippen LogP contribution >= 0.6 is 0 Å². The second kappa shape index (κ2) is 4.56. The molecule has 7 heteroatoms. The zero-order valence-electron chi connectivity index (χ0n) is 10.3. The molecule has 0 amide bonds. The largest absolute Gasteiger partial charge is 0.464 e. The summed E-state index contributed by atoms with van der Waals surface area (Å²) in [5.41, 5.74) is 0.970. The van der Waals surface area contributed by atoms with Crippen molar-refractivity contribution in [1.29, 1.82) is 0 Å². The van der Waals surface area contributed by atoms with E-state index in [1.165, 1.54) is 6.07 Å². The third-order valence-electron chi connectivity index (χ3n) is 2.61. The highest BCUT2D eigenvalue weighted by molar-refractivity contribution is 6.02. The Morgan fingerprint density at radius 3 is 2.68 bits per heavy atom. The van der Waals surface area contributed by atoms with Crippen molar-refractivity contribution < 1.29 is 22.7 Å². The normalized spacial score (nSPS) is 11.8. The minimum atomic E-state index is -4.41. The van der Waals surface area contributed by atoms with Crippen molar-refractivity contribution >= 4 is 16.9 Å². The maximum absolute atomic E-state index is 12.5. The summed E-state index contributed by atoms with van der Waals surface area (Å²) in [5.74, 6) is -0.753. The molecule has 0 bridgehead atoms. The molecule has 1 aromatic carbocycles. The number of benzene rings is 1. The summed E-state index contributed by atoms with van der Waals surface area (Å²) in [6.45, 7) is 0.533. The van der Waals surface area contributed by atoms with E-state index < -0.39 is 18.7 Å². The number of ether oxygens (including phenoxy) is 1. The molecule has 0 aliphatic rings. The summed E-state index contributed by atoms with van der Waals surface area (Å²) < 4.78 is 42.7. The fraction of sp³-hybridized carbons (Fsp3) is 0.333. The van der Waals surface area contributed by atoms with Crippen molar-refractivity contribution in [2.45, 2.75) is 19.6 Å². The van der Waals surface area contributed by atoms with E-state index in [2.05, 4.69) is 9.84 Å². The monoisotopic (exact) mass is 272 g/mol. The molecule has 0 fully saturated rings. The number of esters is 1. The molecule has 0 spiro atoms. The quantitative estimate of drug-likeness (QED) is 0.789. The van der Waals surface area contributed by atoms with Gasteiger partial charge in [0.15, 0.2) is 5.69 Å². The molecule has 0 saturated heterocycles. The lowest BCUT2D eigenvalue weighted by Gasteiger charge is -2.07. The van der Waals surface area contributed by atoms with Crippen molar-refractivity contribution in [2.24, 2.45) is 0 Å². The van der Waals surface area contributed by atoms with Gasteiger partial charge in [-0.2, -0.15) is 18.3 Å². The molecule has 4 nitrogen and oxygen atoms in total. The highest BCUT2D eigenvalue weighted by atomic mass is 19.4. The van der Waals surface area contributed by atoms with Crippen LogP contribution in [0, 0.1) is 6.92 Å². The zero-order chi connectivity index (χ0) is 14.2. The van der Waals surface area contributed by atoms with Gasteiger partial charge in [0, 0.05) is 5.39 Å². The molecular weight excluding hydrogens is 261 g/mol. The van der Waals surface area contributed by atoms with E-state index >= 15 is 0 Å². The van der Waals surface area contributed by atoms with E-state index in [-0.39, 0.29) is 11.2 Å². The van der Waals surface area contributed by atoms with Gasteiger partial charge in [-0.05, 0) is 19.1 Å². The number of hydrogen-bond acceptors (Lipinski definition) is 3. The first-order chi connectivity index (χ1) is 8.81. The van der Waals surface area contributed by atoms with Crippen molar-refractivity contribution in [1.82, 2.24) is 9.78 Å². The molecule has 19 heavy (non-hydrogen) atoms. The van der Waals surface area contributed by atoms with Gasteiger partial charge in [-0.3, -0.25) is 4.68 Å². The highest BCUT2D eigenvalue weighted by Gasteiger charge is 2.30. The molecule has 0 aliphatic carbocycles. The van der Waals surface area contributed by atoms with Crippen LogP contribution in [0.4, 0.5) is 13.2 Å². The molecular formula is C12H11F3N2O2. The summed E-state index contributed by atoms with van der Waals surface area (Å²) >= 11 is 0. The minimum absolute atomic E-state index is 0.106. The van der Waals surface area contributed by atoms with Gasteiger partial charge in [0.2, 0.25) is 0 Å². The number of rotatable bonds is 2. The van der Waals surface area contributed by atoms with Crippen LogP contribution in [0.1, 0.15) is 16.1 Å². The molecule has 0 radical (unpaired) electrons. The Bertz CT molecular complexity index is 632. The number of halogens is 3. The minimum Gasteiger partial charge on any atom is -0.464 e. The van der Waals surface area contributed by atoms with Crippen molar-refractivity contribution in [3.63, 3.8) is 0 Å². The fourth-order valence-electron chi connectivity index (χ4n) is 1.83. The molecule has 0 aliphatic heterocycles. The number of hydrogen-bond donors (Lipinski definition) is 0. The number of alkyl halides is 3. The molecule has 0 unspecified atom stereocenters. The maximum Gasteiger partial charge on any atom is 0.408 e. The van der Waals surface area contributed by atoms with E-state index in [1.54, 1.807) is 19.1 Å². The first kappa shape index (κ1) is 13.4. The van der Waals surface area contributed by atoms with Crippen molar-refractivity contribution in [3.05, 3.63) is 29.5 Å². The number of fused-ring (bicyclic) bond motifs is 1. The number of nitrogens with zero attached hydrogens (tertiary/aromatic N) is 2. The van der Waals surface area contributed by atoms with E-state index in [0.29, 0.717) is 5.39 Å². The Morgan fingerprint density at radius 1 is 1.42 bits per heavy atom. The van der Waals surface area contributed by atoms with Crippen LogP contribution in [0.25, 0.3) is 10.9 Å². The Hall–Kier alpha value is -2.05. The third-order valence-corrected chi connectivity index (χ3v) is 2.61. The lowest BCUT2D eigenvalue weighted by Crippen LogP contribution is -2.19. The van der Waals surface area contributed by atoms with Crippen LogP contribution in [0.3, 0.4) is 0 Å². The Labute approximate surface area is 106 Å². The van der Waals surface area contributed by atoms with Gasteiger partial charge in [0.1, 0.15) is 6.54 Å². The lowest BCUT2D eigenvalue weighted by atomic mass is 10.1. The predicted molar refractivity (Wildman–Crippen MR) is 61.9 cm³/mol. The summed E-state index contributed by atoms with van der Waals surface area (Å²) in [7, 11) is 1.16. The average molecular weight is 272 g/mol. The first-order valence-corrected chi connectivity index (χ1v) is 5.44. The van der Waals surface area contributed by atoms with Gasteiger partial charge in [-0.25, -0.2) is 4.79 Å². The van der Waals surface area contributed by atoms with Gasteiger partial charge in [-0.15, -0.1) is 0 Å². The molecule has 2 aromatic rings. The Balaban J connectivity index is 2.63. The Morgan fingerprint density at radius 2 is 2.11 bits per heavy atom. The van der Waals surface area contributed by atoms with Gasteiger partial charge >= 0.3 is 12.1 Å². The summed E-state index contributed by atoms with van der Waals surface area (Å²) in [6.07, 6.45) is -4.41. The zero-order valence-corrected chi connectivity index (χ0v) is 10.3. The van der Waals surface area contributed by atoms with Crippen LogP contribution in [0.15, 0.2) is 18.2 Å². The summed E-state index contributed by atoms with van der Waals surface area (Å²) in [6, 6.07) is 4.79. The summed E-state index contributed by atoms with van der Waals surface area (Å²) in [4.78, 5) is 11.5. The number of aromatic nitrogens is 2. The van der Waals surface area contributed by atoms with Crippen molar-refractivity contribution in [2.75, 3.05) is 7.11 Å². The fourth-order valence-corrected chi connectivity index (χ4v) is 1.83. The molecule has 1 aromatic heterocycles. The number of aryl methyl sites for hydroxylation is 1. The van der Waals surface area contributed by atoms with Crippen LogP contribution in [0.2, 0.25) is 0 Å². The summed E-state index contributed by atoms with van der Waals surface area (Å²) in [5, 5.41) is 4.07. The topological polar surface area (TPSA) is 44.1 Å². The molecule has 0 atom stereocenters. The lowest BCUT2D eigenvalue weighted by molar-refractivity contribution is -0.141. The number of methoxy groups -OCH3 is 1. The van der Waals surface area contributed by atoms with Crippen LogP contribution in [-0.4, -0.2) is 29.0 Å². The van der Waals surface area contributed by atoms with E-state index in [1.807, 2.05) is 0 Å². The standard InChI is InChI=1S/C12H11F3N2O2/c1-7-3-4-9-8(5-7)10(11(18)19-2)16-17(9)6-12(13,14)15/h3-5H,6H2,1-2H3. The molecule has 0 saturated carbocycles. The van der Waals surface area contributed by atoms with E-state index in [0.717, 1.165) is 17.4 Å². The molecule has 1 heterocycles. The predicted octanol–water partition coefficient (Wildman–Crippen LogP) is 2.69. The third kappa shape index (κ3) is 2.69. The second-order valence-electron chi connectivity index (χ2n) is 4.13. The maximum atomic E-state index is 12.5. The van der Waals surface area contributed by atoms with Gasteiger partial charge in [-0.1, -0.05) is 11.6 Å². The van der Waals surface area contributed by atoms with E-state index in [4.69, 9.17) is 0 Å². The van der Waals surface area contributed by atoms with Gasteiger partial charge < -0.3 is 4.74 Å². The van der Waals surface area contributed by atoms with Crippen LogP contribution in [-0.2, 0) is 11.3 Å². The number of carbonyl (C=O) groups excluding carboxylic acids is 1. The smallest absolute Gasteiger partial charge is 0.408 e. The van der Waals surface area contributed by atoms with Crippen LogP contribution in [0.5, 0.6) is 0 Å². The highest BCUT2D eigenvalue weighted by Crippen LogP contribution is 2.25. The Kier molecular flexibility index (Phi) is 3.21. The number of carbonyl (C=O) groups is 1. The molecule has 0 N–H and O–H groups in total. The second-order valence-corrected chi connectivity index (χ2v) is 4.13. The van der Waals surface area contributed by atoms with Crippen LogP contribution < -0.4 is 0 Å². The molecule has 2 rings (SSSR count). The molecule has 102 valence electrons. The van der Waals surface area contributed by atoms with Gasteiger partial charge in [0.05, 0.1) is 12.6 Å². The SMILES string of the molecule is COC(=O)c1nn(CC(F)(F)F)c2ccc(C)cc12. The van der Waals surface area contributed by atoms with E-state index in [9.17, 15) is 18.0 Å². The van der Waals surface area contributed by atoms with Gasteiger partial charge in [0.25, 0.3) is 0 Å².